The number of amides is 1. The number of hydrogen-bond acceptors (Lipinski definition) is 4. The van der Waals surface area contributed by atoms with Crippen molar-refractivity contribution in [2.24, 2.45) is 0 Å². The molecule has 3 N–H and O–H groups in total. The van der Waals surface area contributed by atoms with Gasteiger partial charge in [-0.25, -0.2) is 4.98 Å². The summed E-state index contributed by atoms with van der Waals surface area (Å²) in [6, 6.07) is 7.15. The van der Waals surface area contributed by atoms with Crippen LogP contribution < -0.4 is 10.6 Å². The molecule has 0 saturated heterocycles. The summed E-state index contributed by atoms with van der Waals surface area (Å²) >= 11 is 0. The predicted molar refractivity (Wildman–Crippen MR) is 72.9 cm³/mol. The van der Waals surface area contributed by atoms with E-state index >= 15 is 0 Å². The van der Waals surface area contributed by atoms with Gasteiger partial charge in [0.2, 0.25) is 0 Å². The summed E-state index contributed by atoms with van der Waals surface area (Å²) in [5.41, 5.74) is 1.62. The van der Waals surface area contributed by atoms with Crippen LogP contribution >= 0.6 is 0 Å². The SMILES string of the molecule is CCNc1ccc(C(=O)NC(C)c2ncn[nH]2)cc1. The van der Waals surface area contributed by atoms with Crippen molar-refractivity contribution in [2.75, 3.05) is 11.9 Å². The number of rotatable bonds is 5. The standard InChI is InChI=1S/C13H17N5O/c1-3-14-11-6-4-10(5-7-11)13(19)17-9(2)12-15-8-16-18-12/h4-9,14H,3H2,1-2H3,(H,17,19)(H,15,16,18). The second-order valence-corrected chi connectivity index (χ2v) is 4.17. The number of aromatic nitrogens is 3. The van der Waals surface area contributed by atoms with Gasteiger partial charge in [0.15, 0.2) is 0 Å². The maximum Gasteiger partial charge on any atom is 0.251 e. The molecule has 0 radical (unpaired) electrons. The third kappa shape index (κ3) is 3.31. The Morgan fingerprint density at radius 1 is 1.37 bits per heavy atom. The Kier molecular flexibility index (Phi) is 4.12. The summed E-state index contributed by atoms with van der Waals surface area (Å²) in [6.07, 6.45) is 1.42. The van der Waals surface area contributed by atoms with Gasteiger partial charge in [0, 0.05) is 17.8 Å². The molecule has 1 amide bonds. The van der Waals surface area contributed by atoms with Gasteiger partial charge in [-0.2, -0.15) is 5.10 Å². The fraction of sp³-hybridized carbons (Fsp3) is 0.308. The number of nitrogens with zero attached hydrogens (tertiary/aromatic N) is 2. The molecule has 0 aliphatic heterocycles. The van der Waals surface area contributed by atoms with Crippen molar-refractivity contribution >= 4 is 11.6 Å². The summed E-state index contributed by atoms with van der Waals surface area (Å²) in [5.74, 6) is 0.504. The van der Waals surface area contributed by atoms with E-state index in [1.54, 1.807) is 12.1 Å². The number of carbonyl (C=O) groups is 1. The lowest BCUT2D eigenvalue weighted by Crippen LogP contribution is -2.27. The van der Waals surface area contributed by atoms with Crippen LogP contribution in [-0.2, 0) is 0 Å². The first kappa shape index (κ1) is 13.1. The Bertz CT molecular complexity index is 520. The highest BCUT2D eigenvalue weighted by atomic mass is 16.1. The minimum atomic E-state index is -0.205. The number of nitrogens with one attached hydrogen (secondary N) is 3. The van der Waals surface area contributed by atoms with Crippen LogP contribution in [0.25, 0.3) is 0 Å². The lowest BCUT2D eigenvalue weighted by molar-refractivity contribution is 0.0938. The average molecular weight is 259 g/mol. The van der Waals surface area contributed by atoms with E-state index in [1.165, 1.54) is 6.33 Å². The first-order valence-electron chi connectivity index (χ1n) is 6.20. The van der Waals surface area contributed by atoms with Crippen molar-refractivity contribution in [1.29, 1.82) is 0 Å². The molecule has 1 unspecified atom stereocenters. The van der Waals surface area contributed by atoms with Crippen LogP contribution in [-0.4, -0.2) is 27.6 Å². The summed E-state index contributed by atoms with van der Waals surface area (Å²) in [7, 11) is 0. The van der Waals surface area contributed by atoms with Crippen molar-refractivity contribution in [3.63, 3.8) is 0 Å². The average Bonchev–Trinajstić information content (AvgIpc) is 2.94. The highest BCUT2D eigenvalue weighted by Gasteiger charge is 2.13. The fourth-order valence-corrected chi connectivity index (χ4v) is 1.72. The molecule has 6 nitrogen and oxygen atoms in total. The van der Waals surface area contributed by atoms with E-state index in [0.29, 0.717) is 11.4 Å². The molecule has 0 aliphatic rings. The molecule has 2 aromatic rings. The van der Waals surface area contributed by atoms with Gasteiger partial charge in [0.05, 0.1) is 6.04 Å². The first-order valence-corrected chi connectivity index (χ1v) is 6.20. The number of H-pyrrole nitrogens is 1. The van der Waals surface area contributed by atoms with E-state index in [4.69, 9.17) is 0 Å². The van der Waals surface area contributed by atoms with E-state index in [9.17, 15) is 4.79 Å². The quantitative estimate of drug-likeness (QED) is 0.763. The molecule has 0 bridgehead atoms. The lowest BCUT2D eigenvalue weighted by atomic mass is 10.2. The summed E-state index contributed by atoms with van der Waals surface area (Å²) < 4.78 is 0. The molecule has 6 heteroatoms. The number of benzene rings is 1. The van der Waals surface area contributed by atoms with Gasteiger partial charge >= 0.3 is 0 Å². The molecular weight excluding hydrogens is 242 g/mol. The molecule has 0 saturated carbocycles. The number of hydrogen-bond donors (Lipinski definition) is 3. The van der Waals surface area contributed by atoms with E-state index in [0.717, 1.165) is 12.2 Å². The number of aromatic amines is 1. The van der Waals surface area contributed by atoms with Crippen LogP contribution in [0, 0.1) is 0 Å². The van der Waals surface area contributed by atoms with Gasteiger partial charge in [-0.3, -0.25) is 9.89 Å². The molecule has 1 heterocycles. The molecule has 1 atom stereocenters. The van der Waals surface area contributed by atoms with Gasteiger partial charge in [-0.1, -0.05) is 0 Å². The largest absolute Gasteiger partial charge is 0.385 e. The molecule has 100 valence electrons. The van der Waals surface area contributed by atoms with Gasteiger partial charge in [0.25, 0.3) is 5.91 Å². The molecule has 0 fully saturated rings. The molecule has 0 spiro atoms. The van der Waals surface area contributed by atoms with Gasteiger partial charge in [0.1, 0.15) is 12.2 Å². The number of carbonyl (C=O) groups excluding carboxylic acids is 1. The summed E-state index contributed by atoms with van der Waals surface area (Å²) in [4.78, 5) is 16.0. The third-order valence-corrected chi connectivity index (χ3v) is 2.72. The second kappa shape index (κ2) is 5.99. The Balaban J connectivity index is 1.99. The smallest absolute Gasteiger partial charge is 0.251 e. The van der Waals surface area contributed by atoms with Crippen LogP contribution in [0.15, 0.2) is 30.6 Å². The van der Waals surface area contributed by atoms with Crippen LogP contribution in [0.5, 0.6) is 0 Å². The zero-order valence-corrected chi connectivity index (χ0v) is 11.0. The Hall–Kier alpha value is -2.37. The fourth-order valence-electron chi connectivity index (χ4n) is 1.72. The van der Waals surface area contributed by atoms with E-state index in [-0.39, 0.29) is 11.9 Å². The normalized spacial score (nSPS) is 11.9. The van der Waals surface area contributed by atoms with Crippen molar-refractivity contribution in [3.8, 4) is 0 Å². The second-order valence-electron chi connectivity index (χ2n) is 4.17. The molecular formula is C13H17N5O. The van der Waals surface area contributed by atoms with Gasteiger partial charge in [-0.15, -0.1) is 0 Å². The van der Waals surface area contributed by atoms with Crippen LogP contribution in [0.4, 0.5) is 5.69 Å². The predicted octanol–water partition coefficient (Wildman–Crippen LogP) is 1.73. The van der Waals surface area contributed by atoms with E-state index in [1.807, 2.05) is 26.0 Å². The monoisotopic (exact) mass is 259 g/mol. The molecule has 19 heavy (non-hydrogen) atoms. The Morgan fingerprint density at radius 3 is 2.68 bits per heavy atom. The molecule has 2 rings (SSSR count). The van der Waals surface area contributed by atoms with Crippen molar-refractivity contribution < 1.29 is 4.79 Å². The molecule has 0 aliphatic carbocycles. The lowest BCUT2D eigenvalue weighted by Gasteiger charge is -2.11. The first-order chi connectivity index (χ1) is 9.20. The Morgan fingerprint density at radius 2 is 2.11 bits per heavy atom. The Labute approximate surface area is 111 Å². The summed E-state index contributed by atoms with van der Waals surface area (Å²) in [6.45, 7) is 4.74. The van der Waals surface area contributed by atoms with Crippen molar-refractivity contribution in [1.82, 2.24) is 20.5 Å². The highest BCUT2D eigenvalue weighted by molar-refractivity contribution is 5.94. The van der Waals surface area contributed by atoms with Gasteiger partial charge < -0.3 is 10.6 Å². The molecule has 1 aromatic heterocycles. The van der Waals surface area contributed by atoms with Crippen LogP contribution in [0.2, 0.25) is 0 Å². The van der Waals surface area contributed by atoms with Crippen LogP contribution in [0.1, 0.15) is 36.1 Å². The third-order valence-electron chi connectivity index (χ3n) is 2.72. The van der Waals surface area contributed by atoms with E-state index < -0.39 is 0 Å². The van der Waals surface area contributed by atoms with Crippen molar-refractivity contribution in [2.45, 2.75) is 19.9 Å². The maximum atomic E-state index is 12.0. The van der Waals surface area contributed by atoms with Gasteiger partial charge in [-0.05, 0) is 38.1 Å². The topological polar surface area (TPSA) is 82.7 Å². The minimum absolute atomic E-state index is 0.132. The van der Waals surface area contributed by atoms with E-state index in [2.05, 4.69) is 25.8 Å². The van der Waals surface area contributed by atoms with Crippen molar-refractivity contribution in [3.05, 3.63) is 42.0 Å². The highest BCUT2D eigenvalue weighted by Crippen LogP contribution is 2.11. The minimum Gasteiger partial charge on any atom is -0.385 e. The zero-order valence-electron chi connectivity index (χ0n) is 11.0. The number of anilines is 1. The summed E-state index contributed by atoms with van der Waals surface area (Å²) in [5, 5.41) is 12.5. The maximum absolute atomic E-state index is 12.0. The molecule has 1 aromatic carbocycles. The zero-order chi connectivity index (χ0) is 13.7. The van der Waals surface area contributed by atoms with Crippen LogP contribution in [0.3, 0.4) is 0 Å².